The summed E-state index contributed by atoms with van der Waals surface area (Å²) in [6.45, 7) is 0.542. The Kier molecular flexibility index (Phi) is 5.69. The number of benzene rings is 1. The lowest BCUT2D eigenvalue weighted by atomic mass is 9.91. The van der Waals surface area contributed by atoms with Crippen molar-refractivity contribution >= 4 is 11.6 Å². The van der Waals surface area contributed by atoms with Crippen molar-refractivity contribution in [3.63, 3.8) is 0 Å². The van der Waals surface area contributed by atoms with Crippen molar-refractivity contribution in [1.82, 2.24) is 0 Å². The van der Waals surface area contributed by atoms with Gasteiger partial charge in [0.25, 0.3) is 0 Å². The molecular formula is C16H19F4NO3. The minimum atomic E-state index is -4.23. The standard InChI is InChI=1S/C16H19F4NO3/c1-10-5-7-21(14-11(10)3-2-4-12(14)22)13(23)6-8-24-9-16(19,20)15(17)18/h2-4,10,15,22H,5-9H2,1H3/t10-/m1/s1. The number of rotatable bonds is 6. The number of phenols is 1. The van der Waals surface area contributed by atoms with Crippen LogP contribution in [-0.2, 0) is 9.53 Å². The second-order valence-electron chi connectivity index (χ2n) is 5.81. The number of fused-ring (bicyclic) bond motifs is 1. The normalized spacial score (nSPS) is 17.9. The summed E-state index contributed by atoms with van der Waals surface area (Å²) < 4.78 is 54.0. The molecule has 1 N–H and O–H groups in total. The summed E-state index contributed by atoms with van der Waals surface area (Å²) in [5, 5.41) is 10.0. The molecule has 0 unspecified atom stereocenters. The van der Waals surface area contributed by atoms with Gasteiger partial charge in [-0.05, 0) is 24.0 Å². The van der Waals surface area contributed by atoms with Crippen LogP contribution in [0, 0.1) is 0 Å². The number of halogens is 4. The molecule has 1 aliphatic heterocycles. The van der Waals surface area contributed by atoms with Gasteiger partial charge >= 0.3 is 12.3 Å². The molecule has 4 nitrogen and oxygen atoms in total. The third-order valence-electron chi connectivity index (χ3n) is 4.01. The van der Waals surface area contributed by atoms with E-state index in [4.69, 9.17) is 0 Å². The summed E-state index contributed by atoms with van der Waals surface area (Å²) in [6.07, 6.45) is -3.34. The first-order chi connectivity index (χ1) is 11.2. The highest BCUT2D eigenvalue weighted by molar-refractivity contribution is 5.96. The van der Waals surface area contributed by atoms with Crippen LogP contribution >= 0.6 is 0 Å². The van der Waals surface area contributed by atoms with Gasteiger partial charge in [-0.1, -0.05) is 19.1 Å². The first kappa shape index (κ1) is 18.5. The quantitative estimate of drug-likeness (QED) is 0.631. The van der Waals surface area contributed by atoms with Crippen LogP contribution in [0.3, 0.4) is 0 Å². The third kappa shape index (κ3) is 3.98. The predicted molar refractivity (Wildman–Crippen MR) is 79.9 cm³/mol. The number of phenolic OH excluding ortho intramolecular Hbond substituents is 1. The summed E-state index contributed by atoms with van der Waals surface area (Å²) in [5.74, 6) is -4.49. The number of para-hydroxylation sites is 1. The highest BCUT2D eigenvalue weighted by Crippen LogP contribution is 2.41. The Morgan fingerprint density at radius 1 is 1.46 bits per heavy atom. The number of hydrogen-bond acceptors (Lipinski definition) is 3. The van der Waals surface area contributed by atoms with Crippen molar-refractivity contribution in [3.8, 4) is 5.75 Å². The Hall–Kier alpha value is -1.83. The number of hydrogen-bond donors (Lipinski definition) is 1. The summed E-state index contributed by atoms with van der Waals surface area (Å²) in [4.78, 5) is 13.7. The lowest BCUT2D eigenvalue weighted by Gasteiger charge is -2.33. The van der Waals surface area contributed by atoms with Gasteiger partial charge in [0, 0.05) is 6.54 Å². The molecule has 1 aromatic rings. The minimum absolute atomic E-state index is 0.0300. The van der Waals surface area contributed by atoms with E-state index < -0.39 is 31.5 Å². The van der Waals surface area contributed by atoms with Crippen LogP contribution in [0.4, 0.5) is 23.2 Å². The molecule has 0 spiro atoms. The fraction of sp³-hybridized carbons (Fsp3) is 0.562. The summed E-state index contributed by atoms with van der Waals surface area (Å²) in [5.41, 5.74) is 1.25. The fourth-order valence-corrected chi connectivity index (χ4v) is 2.65. The van der Waals surface area contributed by atoms with E-state index >= 15 is 0 Å². The molecule has 8 heteroatoms. The Labute approximate surface area is 137 Å². The SMILES string of the molecule is C[C@@H]1CCN(C(=O)CCOCC(F)(F)C(F)F)c2c(O)cccc21. The molecule has 1 aromatic carbocycles. The summed E-state index contributed by atoms with van der Waals surface area (Å²) in [7, 11) is 0. The van der Waals surface area contributed by atoms with E-state index in [2.05, 4.69) is 4.74 Å². The average molecular weight is 349 g/mol. The van der Waals surface area contributed by atoms with Gasteiger partial charge in [0.2, 0.25) is 5.91 Å². The van der Waals surface area contributed by atoms with Gasteiger partial charge in [0.15, 0.2) is 0 Å². The zero-order valence-corrected chi connectivity index (χ0v) is 13.1. The maximum Gasteiger partial charge on any atom is 0.330 e. The van der Waals surface area contributed by atoms with Crippen LogP contribution in [-0.4, -0.2) is 43.1 Å². The molecule has 2 rings (SSSR count). The number of nitrogens with zero attached hydrogens (tertiary/aromatic N) is 1. The summed E-state index contributed by atoms with van der Waals surface area (Å²) >= 11 is 0. The molecule has 1 heterocycles. The molecule has 0 saturated carbocycles. The van der Waals surface area contributed by atoms with Gasteiger partial charge < -0.3 is 14.7 Å². The first-order valence-corrected chi connectivity index (χ1v) is 7.60. The molecular weight excluding hydrogens is 330 g/mol. The van der Waals surface area contributed by atoms with E-state index in [9.17, 15) is 27.5 Å². The van der Waals surface area contributed by atoms with Crippen molar-refractivity contribution in [2.24, 2.45) is 0 Å². The number of aromatic hydroxyl groups is 1. The van der Waals surface area contributed by atoms with Crippen molar-refractivity contribution in [2.75, 3.05) is 24.7 Å². The van der Waals surface area contributed by atoms with E-state index in [1.54, 1.807) is 6.07 Å². The topological polar surface area (TPSA) is 49.8 Å². The van der Waals surface area contributed by atoms with E-state index in [1.807, 2.05) is 13.0 Å². The van der Waals surface area contributed by atoms with E-state index in [0.717, 1.165) is 5.56 Å². The largest absolute Gasteiger partial charge is 0.506 e. The minimum Gasteiger partial charge on any atom is -0.506 e. The Morgan fingerprint density at radius 3 is 2.83 bits per heavy atom. The highest BCUT2D eigenvalue weighted by Gasteiger charge is 2.41. The zero-order chi connectivity index (χ0) is 17.9. The van der Waals surface area contributed by atoms with Gasteiger partial charge in [0.1, 0.15) is 12.4 Å². The number of carbonyl (C=O) groups is 1. The summed E-state index contributed by atoms with van der Waals surface area (Å²) in [6, 6.07) is 4.98. The molecule has 0 fully saturated rings. The molecule has 1 atom stereocenters. The molecule has 0 aromatic heterocycles. The van der Waals surface area contributed by atoms with Gasteiger partial charge in [-0.15, -0.1) is 0 Å². The van der Waals surface area contributed by atoms with Crippen LogP contribution < -0.4 is 4.90 Å². The number of anilines is 1. The molecule has 1 aliphatic rings. The van der Waals surface area contributed by atoms with Gasteiger partial charge in [-0.2, -0.15) is 8.78 Å². The number of alkyl halides is 4. The second-order valence-corrected chi connectivity index (χ2v) is 5.81. The van der Waals surface area contributed by atoms with Crippen LogP contribution in [0.25, 0.3) is 0 Å². The van der Waals surface area contributed by atoms with Crippen LogP contribution in [0.2, 0.25) is 0 Å². The van der Waals surface area contributed by atoms with Crippen molar-refractivity contribution in [2.45, 2.75) is 38.0 Å². The van der Waals surface area contributed by atoms with Crippen LogP contribution in [0.5, 0.6) is 5.75 Å². The van der Waals surface area contributed by atoms with Crippen molar-refractivity contribution < 1.29 is 32.2 Å². The highest BCUT2D eigenvalue weighted by atomic mass is 19.3. The molecule has 0 radical (unpaired) electrons. The van der Waals surface area contributed by atoms with E-state index in [1.165, 1.54) is 11.0 Å². The first-order valence-electron chi connectivity index (χ1n) is 7.60. The monoisotopic (exact) mass is 349 g/mol. The van der Waals surface area contributed by atoms with Crippen LogP contribution in [0.15, 0.2) is 18.2 Å². The van der Waals surface area contributed by atoms with E-state index in [0.29, 0.717) is 18.7 Å². The van der Waals surface area contributed by atoms with Crippen LogP contribution in [0.1, 0.15) is 31.2 Å². The molecule has 0 aliphatic carbocycles. The van der Waals surface area contributed by atoms with E-state index in [-0.39, 0.29) is 18.1 Å². The third-order valence-corrected chi connectivity index (χ3v) is 4.01. The number of amides is 1. The average Bonchev–Trinajstić information content (AvgIpc) is 2.52. The van der Waals surface area contributed by atoms with Crippen molar-refractivity contribution in [1.29, 1.82) is 0 Å². The van der Waals surface area contributed by atoms with Gasteiger partial charge in [-0.25, -0.2) is 8.78 Å². The molecule has 0 saturated heterocycles. The predicted octanol–water partition coefficient (Wildman–Crippen LogP) is 3.54. The lowest BCUT2D eigenvalue weighted by molar-refractivity contribution is -0.166. The molecule has 0 bridgehead atoms. The second kappa shape index (κ2) is 7.38. The Morgan fingerprint density at radius 2 is 2.17 bits per heavy atom. The molecule has 134 valence electrons. The van der Waals surface area contributed by atoms with Crippen molar-refractivity contribution in [3.05, 3.63) is 23.8 Å². The van der Waals surface area contributed by atoms with Gasteiger partial charge in [-0.3, -0.25) is 4.79 Å². The van der Waals surface area contributed by atoms with Gasteiger partial charge in [0.05, 0.1) is 18.7 Å². The zero-order valence-electron chi connectivity index (χ0n) is 13.1. The molecule has 1 amide bonds. The maximum atomic E-state index is 12.7. The fourth-order valence-electron chi connectivity index (χ4n) is 2.65. The maximum absolute atomic E-state index is 12.7. The lowest BCUT2D eigenvalue weighted by Crippen LogP contribution is -2.37. The smallest absolute Gasteiger partial charge is 0.330 e. The Bertz CT molecular complexity index is 595. The number of ether oxygens (including phenoxy) is 1. The Balaban J connectivity index is 1.96. The molecule has 24 heavy (non-hydrogen) atoms. The number of carbonyl (C=O) groups excluding carboxylic acids is 1.